The number of hydrogen-bond donors (Lipinski definition) is 0. The molecule has 1 atom stereocenters. The molecule has 0 fully saturated rings. The van der Waals surface area contributed by atoms with E-state index >= 15 is 0 Å². The van der Waals surface area contributed by atoms with Crippen LogP contribution >= 0.6 is 0 Å². The van der Waals surface area contributed by atoms with Gasteiger partial charge in [0.25, 0.3) is 0 Å². The van der Waals surface area contributed by atoms with Crippen molar-refractivity contribution in [1.29, 1.82) is 0 Å². The molecule has 0 amide bonds. The van der Waals surface area contributed by atoms with Gasteiger partial charge in [-0.15, -0.1) is 0 Å². The largest absolute Gasteiger partial charge is 0.501 e. The van der Waals surface area contributed by atoms with Crippen molar-refractivity contribution in [1.82, 2.24) is 0 Å². The van der Waals surface area contributed by atoms with Crippen molar-refractivity contribution in [2.24, 2.45) is 0 Å². The summed E-state index contributed by atoms with van der Waals surface area (Å²) in [6, 6.07) is 0. The van der Waals surface area contributed by atoms with E-state index in [9.17, 15) is 0 Å². The van der Waals surface area contributed by atoms with Gasteiger partial charge in [0, 0.05) is 13.5 Å². The van der Waals surface area contributed by atoms with Crippen molar-refractivity contribution in [2.45, 2.75) is 12.5 Å². The van der Waals surface area contributed by atoms with Crippen molar-refractivity contribution in [3.8, 4) is 0 Å². The zero-order valence-electron chi connectivity index (χ0n) is 6.33. The molecule has 56 valence electrons. The third kappa shape index (κ3) is 1.61. The number of ether oxygens (including phenoxy) is 2. The summed E-state index contributed by atoms with van der Waals surface area (Å²) >= 11 is 0. The highest BCUT2D eigenvalue weighted by atomic mass is 16.5. The predicted octanol–water partition coefficient (Wildman–Crippen LogP) is 1.49. The molecule has 0 aliphatic heterocycles. The highest BCUT2D eigenvalue weighted by Gasteiger charge is 2.05. The first-order valence-corrected chi connectivity index (χ1v) is 3.31. The molecule has 0 heterocycles. The standard InChI is InChI=1S/C8H12O2/c1-9-7-4-3-5-8(6-7)10-2/h3-4,6-7H,5H2,1-2H3. The first kappa shape index (κ1) is 7.35. The summed E-state index contributed by atoms with van der Waals surface area (Å²) in [6.45, 7) is 0. The third-order valence-electron chi connectivity index (χ3n) is 1.53. The van der Waals surface area contributed by atoms with Gasteiger partial charge < -0.3 is 9.47 Å². The Hall–Kier alpha value is -0.760. The Morgan fingerprint density at radius 3 is 2.90 bits per heavy atom. The second-order valence-corrected chi connectivity index (χ2v) is 2.17. The molecule has 1 rings (SSSR count). The smallest absolute Gasteiger partial charge is 0.0982 e. The fraction of sp³-hybridized carbons (Fsp3) is 0.500. The third-order valence-corrected chi connectivity index (χ3v) is 1.53. The Bertz CT molecular complexity index is 159. The molecule has 0 radical (unpaired) electrons. The molecular weight excluding hydrogens is 128 g/mol. The molecule has 0 saturated carbocycles. The predicted molar refractivity (Wildman–Crippen MR) is 39.6 cm³/mol. The van der Waals surface area contributed by atoms with Gasteiger partial charge in [0.2, 0.25) is 0 Å². The molecular formula is C8H12O2. The maximum absolute atomic E-state index is 5.08. The molecule has 2 nitrogen and oxygen atoms in total. The summed E-state index contributed by atoms with van der Waals surface area (Å²) in [5.41, 5.74) is 0. The van der Waals surface area contributed by atoms with Crippen LogP contribution < -0.4 is 0 Å². The van der Waals surface area contributed by atoms with Gasteiger partial charge in [0.15, 0.2) is 0 Å². The molecule has 10 heavy (non-hydrogen) atoms. The minimum absolute atomic E-state index is 0.101. The summed E-state index contributed by atoms with van der Waals surface area (Å²) in [6.07, 6.45) is 7.02. The average molecular weight is 140 g/mol. The van der Waals surface area contributed by atoms with Gasteiger partial charge in [0.05, 0.1) is 19.0 Å². The molecule has 0 saturated heterocycles. The normalized spacial score (nSPS) is 24.2. The summed E-state index contributed by atoms with van der Waals surface area (Å²) in [5.74, 6) is 0.981. The summed E-state index contributed by atoms with van der Waals surface area (Å²) in [7, 11) is 3.36. The van der Waals surface area contributed by atoms with E-state index in [-0.39, 0.29) is 6.10 Å². The molecule has 0 aromatic heterocycles. The van der Waals surface area contributed by atoms with Crippen molar-refractivity contribution >= 4 is 0 Å². The van der Waals surface area contributed by atoms with E-state index in [0.29, 0.717) is 0 Å². The summed E-state index contributed by atoms with van der Waals surface area (Å²) < 4.78 is 10.1. The first-order chi connectivity index (χ1) is 4.86. The van der Waals surface area contributed by atoms with E-state index < -0.39 is 0 Å². The average Bonchev–Trinajstić information content (AvgIpc) is 2.05. The fourth-order valence-electron chi connectivity index (χ4n) is 0.923. The van der Waals surface area contributed by atoms with Crippen LogP contribution in [0, 0.1) is 0 Å². The van der Waals surface area contributed by atoms with Crippen molar-refractivity contribution in [3.63, 3.8) is 0 Å². The Kier molecular flexibility index (Phi) is 2.51. The quantitative estimate of drug-likeness (QED) is 0.541. The summed E-state index contributed by atoms with van der Waals surface area (Å²) in [4.78, 5) is 0. The Balaban J connectivity index is 2.54. The monoisotopic (exact) mass is 140 g/mol. The first-order valence-electron chi connectivity index (χ1n) is 3.31. The van der Waals surface area contributed by atoms with E-state index in [1.54, 1.807) is 14.2 Å². The molecule has 1 aliphatic rings. The zero-order chi connectivity index (χ0) is 7.40. The topological polar surface area (TPSA) is 18.5 Å². The van der Waals surface area contributed by atoms with E-state index in [0.717, 1.165) is 12.2 Å². The van der Waals surface area contributed by atoms with Crippen LogP contribution in [0.1, 0.15) is 6.42 Å². The SMILES string of the molecule is COC1=CC(OC)C=CC1. The van der Waals surface area contributed by atoms with E-state index in [1.165, 1.54) is 0 Å². The lowest BCUT2D eigenvalue weighted by Gasteiger charge is -2.12. The van der Waals surface area contributed by atoms with Crippen LogP contribution in [-0.4, -0.2) is 20.3 Å². The number of methoxy groups -OCH3 is 2. The minimum Gasteiger partial charge on any atom is -0.501 e. The number of allylic oxidation sites excluding steroid dienone is 1. The van der Waals surface area contributed by atoms with Crippen LogP contribution in [0.2, 0.25) is 0 Å². The molecule has 0 aromatic rings. The second kappa shape index (κ2) is 3.42. The highest BCUT2D eigenvalue weighted by molar-refractivity contribution is 5.15. The molecule has 0 spiro atoms. The maximum atomic E-state index is 5.08. The lowest BCUT2D eigenvalue weighted by molar-refractivity contribution is 0.167. The van der Waals surface area contributed by atoms with Crippen LogP contribution in [-0.2, 0) is 9.47 Å². The van der Waals surface area contributed by atoms with Gasteiger partial charge in [-0.05, 0) is 6.08 Å². The van der Waals surface area contributed by atoms with Crippen LogP contribution in [0.3, 0.4) is 0 Å². The van der Waals surface area contributed by atoms with Crippen LogP contribution in [0.15, 0.2) is 24.0 Å². The van der Waals surface area contributed by atoms with Gasteiger partial charge in [-0.3, -0.25) is 0 Å². The van der Waals surface area contributed by atoms with Gasteiger partial charge >= 0.3 is 0 Å². The molecule has 1 aliphatic carbocycles. The molecule has 0 N–H and O–H groups in total. The van der Waals surface area contributed by atoms with Crippen molar-refractivity contribution in [2.75, 3.05) is 14.2 Å². The van der Waals surface area contributed by atoms with Crippen molar-refractivity contribution in [3.05, 3.63) is 24.0 Å². The van der Waals surface area contributed by atoms with Gasteiger partial charge in [-0.1, -0.05) is 12.2 Å². The van der Waals surface area contributed by atoms with E-state index in [4.69, 9.17) is 9.47 Å². The number of hydrogen-bond acceptors (Lipinski definition) is 2. The number of rotatable bonds is 2. The minimum atomic E-state index is 0.101. The Labute approximate surface area is 61.1 Å². The van der Waals surface area contributed by atoms with Crippen LogP contribution in [0.5, 0.6) is 0 Å². The molecule has 0 aromatic carbocycles. The van der Waals surface area contributed by atoms with Gasteiger partial charge in [-0.25, -0.2) is 0 Å². The fourth-order valence-corrected chi connectivity index (χ4v) is 0.923. The van der Waals surface area contributed by atoms with Crippen LogP contribution in [0.25, 0.3) is 0 Å². The zero-order valence-corrected chi connectivity index (χ0v) is 6.33. The molecule has 1 unspecified atom stereocenters. The lowest BCUT2D eigenvalue weighted by Crippen LogP contribution is -2.07. The Morgan fingerprint density at radius 2 is 2.30 bits per heavy atom. The molecule has 2 heteroatoms. The van der Waals surface area contributed by atoms with Crippen LogP contribution in [0.4, 0.5) is 0 Å². The molecule has 0 bridgehead atoms. The van der Waals surface area contributed by atoms with E-state index in [2.05, 4.69) is 0 Å². The lowest BCUT2D eigenvalue weighted by atomic mass is 10.1. The Morgan fingerprint density at radius 1 is 1.50 bits per heavy atom. The maximum Gasteiger partial charge on any atom is 0.0982 e. The van der Waals surface area contributed by atoms with Crippen molar-refractivity contribution < 1.29 is 9.47 Å². The van der Waals surface area contributed by atoms with E-state index in [1.807, 2.05) is 18.2 Å². The highest BCUT2D eigenvalue weighted by Crippen LogP contribution is 2.12. The summed E-state index contributed by atoms with van der Waals surface area (Å²) in [5, 5.41) is 0. The van der Waals surface area contributed by atoms with Gasteiger partial charge in [0.1, 0.15) is 0 Å². The second-order valence-electron chi connectivity index (χ2n) is 2.17. The van der Waals surface area contributed by atoms with Gasteiger partial charge in [-0.2, -0.15) is 0 Å².